The van der Waals surface area contributed by atoms with Crippen LogP contribution in [-0.4, -0.2) is 94.9 Å². The molecule has 6 atom stereocenters. The number of benzene rings is 1. The molecule has 13 heteroatoms. The van der Waals surface area contributed by atoms with E-state index in [9.17, 15) is 35.8 Å². The van der Waals surface area contributed by atoms with Gasteiger partial charge in [-0.2, -0.15) is 22.0 Å². The lowest BCUT2D eigenvalue weighted by atomic mass is 9.52. The number of nitrogens with zero attached hydrogens (tertiary/aromatic N) is 2. The molecule has 1 aromatic carbocycles. The monoisotopic (exact) mass is 716 g/mol. The van der Waals surface area contributed by atoms with Gasteiger partial charge in [-0.15, -0.1) is 0 Å². The van der Waals surface area contributed by atoms with Crippen LogP contribution in [0.2, 0.25) is 0 Å². The Balaban J connectivity index is 1.09. The minimum absolute atomic E-state index is 0.185. The molecular weight excluding hydrogens is 667 g/mol. The van der Waals surface area contributed by atoms with Crippen LogP contribution in [0.4, 0.5) is 26.7 Å². The molecule has 6 rings (SSSR count). The molecule has 2 saturated heterocycles. The lowest BCUT2D eigenvalue weighted by Gasteiger charge is -2.51. The molecule has 2 aliphatic heterocycles. The van der Waals surface area contributed by atoms with E-state index < -0.39 is 35.7 Å². The van der Waals surface area contributed by atoms with Crippen LogP contribution in [0.3, 0.4) is 0 Å². The zero-order valence-electron chi connectivity index (χ0n) is 28.3. The van der Waals surface area contributed by atoms with Crippen molar-refractivity contribution in [2.75, 3.05) is 50.9 Å². The Labute approximate surface area is 288 Å². The van der Waals surface area contributed by atoms with Crippen molar-refractivity contribution >= 4 is 22.7 Å². The largest absolute Gasteiger partial charge is 0.453 e. The van der Waals surface area contributed by atoms with E-state index >= 15 is 0 Å². The molecule has 5 aliphatic rings. The topological polar surface area (TPSA) is 76.2 Å². The molecule has 49 heavy (non-hydrogen) atoms. The maximum Gasteiger partial charge on any atom is 0.453 e. The minimum atomic E-state index is -5.60. The highest BCUT2D eigenvalue weighted by Crippen LogP contribution is 2.61. The second-order valence-corrected chi connectivity index (χ2v) is 16.8. The van der Waals surface area contributed by atoms with E-state index in [-0.39, 0.29) is 46.7 Å². The summed E-state index contributed by atoms with van der Waals surface area (Å²) in [6, 6.07) is 6.39. The van der Waals surface area contributed by atoms with Gasteiger partial charge in [0.1, 0.15) is 11.5 Å². The third-order valence-corrected chi connectivity index (χ3v) is 13.8. The van der Waals surface area contributed by atoms with Crippen LogP contribution in [0, 0.1) is 23.2 Å². The summed E-state index contributed by atoms with van der Waals surface area (Å²) in [5.74, 6) is -2.97. The molecule has 1 unspecified atom stereocenters. The molecule has 1 aromatic rings. The van der Waals surface area contributed by atoms with Crippen LogP contribution in [0.15, 0.2) is 18.2 Å². The number of fused-ring (bicyclic) bond motifs is 5. The fourth-order valence-corrected chi connectivity index (χ4v) is 10.8. The van der Waals surface area contributed by atoms with E-state index in [1.165, 1.54) is 5.56 Å². The highest BCUT2D eigenvalue weighted by atomic mass is 32.2. The van der Waals surface area contributed by atoms with Gasteiger partial charge >= 0.3 is 18.2 Å². The van der Waals surface area contributed by atoms with Gasteiger partial charge in [0.05, 0.1) is 13.2 Å². The normalized spacial score (nSPS) is 30.4. The van der Waals surface area contributed by atoms with Crippen molar-refractivity contribution in [1.82, 2.24) is 9.80 Å². The average molecular weight is 717 g/mol. The molecule has 1 amide bonds. The number of morpholine rings is 1. The van der Waals surface area contributed by atoms with Gasteiger partial charge < -0.3 is 14.4 Å². The molecule has 4 fully saturated rings. The molecule has 0 bridgehead atoms. The molecule has 274 valence electrons. The number of carbonyl (C=O) groups excluding carboxylic acids is 2. The van der Waals surface area contributed by atoms with Gasteiger partial charge in [-0.3, -0.25) is 13.9 Å². The van der Waals surface area contributed by atoms with Crippen LogP contribution < -0.4 is 4.74 Å². The molecule has 0 radical (unpaired) electrons. The van der Waals surface area contributed by atoms with Crippen molar-refractivity contribution < 1.29 is 45.2 Å². The van der Waals surface area contributed by atoms with Gasteiger partial charge in [-0.05, 0) is 105 Å². The van der Waals surface area contributed by atoms with E-state index in [0.29, 0.717) is 49.9 Å². The van der Waals surface area contributed by atoms with Crippen molar-refractivity contribution in [2.45, 2.75) is 102 Å². The van der Waals surface area contributed by atoms with Crippen LogP contribution >= 0.6 is 0 Å². The minimum Gasteiger partial charge on any atom is -0.410 e. The first-order valence-electron chi connectivity index (χ1n) is 18.0. The molecule has 0 spiro atoms. The van der Waals surface area contributed by atoms with Gasteiger partial charge in [0.2, 0.25) is 0 Å². The van der Waals surface area contributed by atoms with Crippen molar-refractivity contribution in [3.8, 4) is 5.75 Å². The Morgan fingerprint density at radius 3 is 2.45 bits per heavy atom. The molecule has 7 nitrogen and oxygen atoms in total. The third-order valence-electron chi connectivity index (χ3n) is 12.3. The van der Waals surface area contributed by atoms with Crippen molar-refractivity contribution in [2.24, 2.45) is 23.2 Å². The predicted molar refractivity (Wildman–Crippen MR) is 175 cm³/mol. The number of ether oxygens (including phenoxy) is 2. The number of likely N-dealkylation sites (tertiary alicyclic amines) is 1. The second-order valence-electron chi connectivity index (χ2n) is 15.1. The quantitative estimate of drug-likeness (QED) is 0.240. The molecule has 3 aliphatic carbocycles. The SMILES string of the molecule is C[C@]12CC[C@@H]3c4ccc(OC(=O)N5CCC(N6CCOCC6)CC5)cc4C[C@@H](CCCS(=O)CCCC(F)(F)C(F)(F)F)[C@H]3[C@@H]1CCC2=O. The predicted octanol–water partition coefficient (Wildman–Crippen LogP) is 7.14. The first-order valence-corrected chi connectivity index (χ1v) is 19.5. The van der Waals surface area contributed by atoms with E-state index in [1.807, 2.05) is 12.1 Å². The average Bonchev–Trinajstić information content (AvgIpc) is 3.38. The van der Waals surface area contributed by atoms with E-state index in [4.69, 9.17) is 9.47 Å². The zero-order chi connectivity index (χ0) is 35.0. The van der Waals surface area contributed by atoms with Gasteiger partial charge in [0, 0.05) is 72.8 Å². The summed E-state index contributed by atoms with van der Waals surface area (Å²) in [6.07, 6.45) is -0.851. The Hall–Kier alpha value is -2.12. The molecular formula is C36H49F5N2O5S. The summed E-state index contributed by atoms with van der Waals surface area (Å²) in [4.78, 5) is 30.5. The number of alkyl halides is 5. The van der Waals surface area contributed by atoms with Crippen molar-refractivity contribution in [3.05, 3.63) is 29.3 Å². The highest BCUT2D eigenvalue weighted by Gasteiger charge is 2.57. The van der Waals surface area contributed by atoms with Crippen molar-refractivity contribution in [1.29, 1.82) is 0 Å². The lowest BCUT2D eigenvalue weighted by Crippen LogP contribution is -2.50. The number of piperidine rings is 1. The number of hydrogen-bond acceptors (Lipinski definition) is 6. The molecule has 0 N–H and O–H groups in total. The van der Waals surface area contributed by atoms with Crippen LogP contribution in [-0.2, 0) is 26.8 Å². The van der Waals surface area contributed by atoms with Crippen LogP contribution in [0.25, 0.3) is 0 Å². The van der Waals surface area contributed by atoms with E-state index in [1.54, 1.807) is 4.90 Å². The molecule has 0 aromatic heterocycles. The standard InChI is InChI=1S/C36H49F5N2O5S/c1-34-13-9-29-28-6-5-27(48-33(45)43-14-10-26(11-15-43)42-16-18-47-19-17-42)23-25(28)22-24(32(29)30(34)7-8-31(34)44)4-2-20-49(46)21-3-12-35(37,38)36(39,40)41/h5-6,23-24,26,29-30,32H,2-4,7-22H2,1H3/t24-,29-,30+,32-,34+,49?/m1/s1. The number of amides is 1. The van der Waals surface area contributed by atoms with Crippen LogP contribution in [0.5, 0.6) is 5.75 Å². The maximum atomic E-state index is 13.3. The Morgan fingerprint density at radius 2 is 1.73 bits per heavy atom. The van der Waals surface area contributed by atoms with Gasteiger partial charge in [-0.1, -0.05) is 13.0 Å². The summed E-state index contributed by atoms with van der Waals surface area (Å²) in [5, 5.41) is 0. The number of hydrogen-bond donors (Lipinski definition) is 0. The van der Waals surface area contributed by atoms with Gasteiger partial charge in [-0.25, -0.2) is 4.79 Å². The number of Topliss-reactive ketones (excluding diaryl/α,β-unsaturated/α-hetero) is 1. The summed E-state index contributed by atoms with van der Waals surface area (Å²) in [7, 11) is -1.50. The second kappa shape index (κ2) is 14.9. The van der Waals surface area contributed by atoms with Crippen LogP contribution in [0.1, 0.15) is 88.2 Å². The van der Waals surface area contributed by atoms with E-state index in [2.05, 4.69) is 17.9 Å². The Kier molecular flexibility index (Phi) is 11.1. The smallest absolute Gasteiger partial charge is 0.410 e. The maximum absolute atomic E-state index is 13.3. The lowest BCUT2D eigenvalue weighted by molar-refractivity contribution is -0.284. The zero-order valence-corrected chi connectivity index (χ0v) is 29.1. The fourth-order valence-electron chi connectivity index (χ4n) is 9.61. The number of ketones is 1. The summed E-state index contributed by atoms with van der Waals surface area (Å²) < 4.78 is 88.2. The highest BCUT2D eigenvalue weighted by molar-refractivity contribution is 7.84. The number of carbonyl (C=O) groups is 2. The summed E-state index contributed by atoms with van der Waals surface area (Å²) in [5.41, 5.74) is 2.00. The molecule has 2 saturated carbocycles. The first kappa shape index (κ1) is 36.7. The number of rotatable bonds is 10. The third kappa shape index (κ3) is 7.88. The fraction of sp³-hybridized carbons (Fsp3) is 0.778. The first-order chi connectivity index (χ1) is 23.3. The molecule has 2 heterocycles. The summed E-state index contributed by atoms with van der Waals surface area (Å²) >= 11 is 0. The van der Waals surface area contributed by atoms with E-state index in [0.717, 1.165) is 70.4 Å². The number of halogens is 5. The Bertz CT molecular complexity index is 1380. The van der Waals surface area contributed by atoms with Gasteiger partial charge in [0.25, 0.3) is 0 Å². The van der Waals surface area contributed by atoms with Gasteiger partial charge in [0.15, 0.2) is 0 Å². The Morgan fingerprint density at radius 1 is 1.02 bits per heavy atom. The summed E-state index contributed by atoms with van der Waals surface area (Å²) in [6.45, 7) is 6.73. The van der Waals surface area contributed by atoms with Crippen molar-refractivity contribution in [3.63, 3.8) is 0 Å².